The smallest absolute Gasteiger partial charge is 0.338 e. The van der Waals surface area contributed by atoms with Crippen LogP contribution < -0.4 is 10.6 Å². The van der Waals surface area contributed by atoms with Crippen molar-refractivity contribution in [1.82, 2.24) is 5.32 Å². The molecule has 1 aliphatic heterocycles. The van der Waals surface area contributed by atoms with Gasteiger partial charge in [0.05, 0.1) is 25.4 Å². The number of carbonyl (C=O) groups is 1. The molecule has 1 saturated heterocycles. The van der Waals surface area contributed by atoms with Gasteiger partial charge in [0, 0.05) is 24.3 Å². The summed E-state index contributed by atoms with van der Waals surface area (Å²) in [5, 5.41) is 6.89. The van der Waals surface area contributed by atoms with Crippen LogP contribution in [0, 0.1) is 0 Å². The maximum absolute atomic E-state index is 11.6. The van der Waals surface area contributed by atoms with Crippen LogP contribution in [0.1, 0.15) is 30.6 Å². The van der Waals surface area contributed by atoms with Crippen molar-refractivity contribution < 1.29 is 14.3 Å². The van der Waals surface area contributed by atoms with Gasteiger partial charge in [-0.05, 0) is 44.5 Å². The van der Waals surface area contributed by atoms with Gasteiger partial charge in [0.1, 0.15) is 0 Å². The number of hydrogen-bond donors (Lipinski definition) is 2. The van der Waals surface area contributed by atoms with Gasteiger partial charge in [0.25, 0.3) is 0 Å². The summed E-state index contributed by atoms with van der Waals surface area (Å²) in [7, 11) is 0. The van der Waals surface area contributed by atoms with E-state index in [1.165, 1.54) is 0 Å². The second-order valence-corrected chi connectivity index (χ2v) is 5.30. The van der Waals surface area contributed by atoms with E-state index in [0.29, 0.717) is 24.3 Å². The van der Waals surface area contributed by atoms with Gasteiger partial charge >= 0.3 is 5.97 Å². The van der Waals surface area contributed by atoms with Crippen LogP contribution >= 0.6 is 0 Å². The molecule has 0 aromatic heterocycles. The molecule has 0 radical (unpaired) electrons. The molecule has 2 unspecified atom stereocenters. The van der Waals surface area contributed by atoms with Crippen LogP contribution in [0.25, 0.3) is 0 Å². The molecule has 0 amide bonds. The van der Waals surface area contributed by atoms with E-state index >= 15 is 0 Å². The molecule has 0 aliphatic carbocycles. The lowest BCUT2D eigenvalue weighted by Crippen LogP contribution is -2.43. The largest absolute Gasteiger partial charge is 0.462 e. The Labute approximate surface area is 126 Å². The van der Waals surface area contributed by atoms with Gasteiger partial charge in [-0.2, -0.15) is 0 Å². The number of nitrogens with one attached hydrogen (secondary N) is 2. The minimum Gasteiger partial charge on any atom is -0.462 e. The molecular formula is C16H24N2O3. The van der Waals surface area contributed by atoms with Gasteiger partial charge < -0.3 is 20.1 Å². The predicted octanol–water partition coefficient (Wildman–Crippen LogP) is 2.04. The Morgan fingerprint density at radius 1 is 1.48 bits per heavy atom. The van der Waals surface area contributed by atoms with E-state index in [1.807, 2.05) is 12.1 Å². The topological polar surface area (TPSA) is 59.6 Å². The summed E-state index contributed by atoms with van der Waals surface area (Å²) in [6.45, 7) is 6.84. The van der Waals surface area contributed by atoms with Crippen LogP contribution in [0.3, 0.4) is 0 Å². The molecule has 1 aliphatic rings. The van der Waals surface area contributed by atoms with E-state index in [4.69, 9.17) is 9.47 Å². The highest BCUT2D eigenvalue weighted by atomic mass is 16.5. The van der Waals surface area contributed by atoms with Crippen LogP contribution in [0.15, 0.2) is 24.3 Å². The van der Waals surface area contributed by atoms with Crippen molar-refractivity contribution in [2.75, 3.05) is 31.7 Å². The summed E-state index contributed by atoms with van der Waals surface area (Å²) in [5.41, 5.74) is 1.59. The Morgan fingerprint density at radius 2 is 2.24 bits per heavy atom. The van der Waals surface area contributed by atoms with E-state index in [2.05, 4.69) is 17.6 Å². The Morgan fingerprint density at radius 3 is 2.86 bits per heavy atom. The third kappa shape index (κ3) is 5.02. The Hall–Kier alpha value is -1.59. The Bertz CT molecular complexity index is 441. The minimum atomic E-state index is -0.277. The summed E-state index contributed by atoms with van der Waals surface area (Å²) in [6, 6.07) is 8.13. The number of ether oxygens (including phenoxy) is 2. The lowest BCUT2D eigenvalue weighted by molar-refractivity contribution is 0.0526. The zero-order valence-electron chi connectivity index (χ0n) is 12.7. The minimum absolute atomic E-state index is 0.277. The normalized spacial score (nSPS) is 19.8. The molecule has 2 atom stereocenters. The maximum Gasteiger partial charge on any atom is 0.338 e. The molecule has 116 valence electrons. The fourth-order valence-corrected chi connectivity index (χ4v) is 2.46. The van der Waals surface area contributed by atoms with Gasteiger partial charge in [-0.25, -0.2) is 4.79 Å². The molecule has 21 heavy (non-hydrogen) atoms. The summed E-state index contributed by atoms with van der Waals surface area (Å²) in [4.78, 5) is 11.6. The standard InChI is InChI=1S/C16H24N2O3/c1-3-21-16(19)13-4-6-14(7-5-13)18-12(2)10-15-11-20-9-8-17-15/h4-7,12,15,17-18H,3,8-11H2,1-2H3. The quantitative estimate of drug-likeness (QED) is 0.786. The van der Waals surface area contributed by atoms with Crippen LogP contribution in [-0.2, 0) is 9.47 Å². The molecule has 0 bridgehead atoms. The third-order valence-corrected chi connectivity index (χ3v) is 3.45. The van der Waals surface area contributed by atoms with Crippen molar-refractivity contribution in [3.05, 3.63) is 29.8 Å². The first-order valence-corrected chi connectivity index (χ1v) is 7.54. The van der Waals surface area contributed by atoms with Gasteiger partial charge in [-0.1, -0.05) is 0 Å². The number of anilines is 1. The number of carbonyl (C=O) groups excluding carboxylic acids is 1. The summed E-state index contributed by atoms with van der Waals surface area (Å²) >= 11 is 0. The van der Waals surface area contributed by atoms with Gasteiger partial charge in [0.15, 0.2) is 0 Å². The van der Waals surface area contributed by atoms with E-state index in [0.717, 1.165) is 31.9 Å². The number of benzene rings is 1. The highest BCUT2D eigenvalue weighted by molar-refractivity contribution is 5.89. The molecule has 0 spiro atoms. The average molecular weight is 292 g/mol. The number of morpholine rings is 1. The van der Waals surface area contributed by atoms with Gasteiger partial charge in [-0.15, -0.1) is 0 Å². The van der Waals surface area contributed by atoms with Crippen molar-refractivity contribution >= 4 is 11.7 Å². The second-order valence-electron chi connectivity index (χ2n) is 5.30. The zero-order valence-corrected chi connectivity index (χ0v) is 12.7. The SMILES string of the molecule is CCOC(=O)c1ccc(NC(C)CC2COCCN2)cc1. The van der Waals surface area contributed by atoms with Crippen molar-refractivity contribution in [3.63, 3.8) is 0 Å². The molecule has 1 heterocycles. The summed E-state index contributed by atoms with van der Waals surface area (Å²) < 4.78 is 10.4. The van der Waals surface area contributed by atoms with E-state index in [-0.39, 0.29) is 5.97 Å². The van der Waals surface area contributed by atoms with Crippen LogP contribution in [0.5, 0.6) is 0 Å². The lowest BCUT2D eigenvalue weighted by atomic mass is 10.1. The van der Waals surface area contributed by atoms with Crippen molar-refractivity contribution in [2.45, 2.75) is 32.4 Å². The Kier molecular flexibility index (Phi) is 6.02. The van der Waals surface area contributed by atoms with E-state index in [1.54, 1.807) is 19.1 Å². The first kappa shape index (κ1) is 15.8. The first-order valence-electron chi connectivity index (χ1n) is 7.54. The van der Waals surface area contributed by atoms with Crippen molar-refractivity contribution in [2.24, 2.45) is 0 Å². The first-order chi connectivity index (χ1) is 10.2. The van der Waals surface area contributed by atoms with Crippen LogP contribution in [-0.4, -0.2) is 44.4 Å². The van der Waals surface area contributed by atoms with Crippen LogP contribution in [0.4, 0.5) is 5.69 Å². The maximum atomic E-state index is 11.6. The number of hydrogen-bond acceptors (Lipinski definition) is 5. The molecule has 2 rings (SSSR count). The van der Waals surface area contributed by atoms with Gasteiger partial charge in [0.2, 0.25) is 0 Å². The number of esters is 1. The average Bonchev–Trinajstić information content (AvgIpc) is 2.49. The lowest BCUT2D eigenvalue weighted by Gasteiger charge is -2.27. The molecule has 2 N–H and O–H groups in total. The highest BCUT2D eigenvalue weighted by Crippen LogP contribution is 2.14. The second kappa shape index (κ2) is 8.00. The van der Waals surface area contributed by atoms with E-state index < -0.39 is 0 Å². The van der Waals surface area contributed by atoms with Crippen LogP contribution in [0.2, 0.25) is 0 Å². The number of rotatable bonds is 6. The van der Waals surface area contributed by atoms with Crippen molar-refractivity contribution in [1.29, 1.82) is 0 Å². The predicted molar refractivity (Wildman–Crippen MR) is 82.7 cm³/mol. The molecule has 1 fully saturated rings. The Balaban J connectivity index is 1.83. The summed E-state index contributed by atoms with van der Waals surface area (Å²) in [6.07, 6.45) is 1.000. The molecule has 0 saturated carbocycles. The highest BCUT2D eigenvalue weighted by Gasteiger charge is 2.16. The molecule has 1 aromatic rings. The summed E-state index contributed by atoms with van der Waals surface area (Å²) in [5.74, 6) is -0.277. The fourth-order valence-electron chi connectivity index (χ4n) is 2.46. The zero-order chi connectivity index (χ0) is 15.1. The molecule has 5 nitrogen and oxygen atoms in total. The monoisotopic (exact) mass is 292 g/mol. The van der Waals surface area contributed by atoms with E-state index in [9.17, 15) is 4.79 Å². The molecule has 1 aromatic carbocycles. The van der Waals surface area contributed by atoms with Crippen molar-refractivity contribution in [3.8, 4) is 0 Å². The van der Waals surface area contributed by atoms with Gasteiger partial charge in [-0.3, -0.25) is 0 Å². The fraction of sp³-hybridized carbons (Fsp3) is 0.562. The molecular weight excluding hydrogens is 268 g/mol. The molecule has 5 heteroatoms. The third-order valence-electron chi connectivity index (χ3n) is 3.45.